The molecule has 2 aromatic heterocycles. The van der Waals surface area contributed by atoms with Crippen LogP contribution in [0.4, 0.5) is 0 Å². The SMILES string of the molecule is CCc1cc(-c2cc(-c3ccc(-c4ccncc4)cc3)ns2)cc(CC)c1CC. The smallest absolute Gasteiger partial charge is 0.0847 e. The van der Waals surface area contributed by atoms with Crippen LogP contribution in [0.25, 0.3) is 32.8 Å². The minimum absolute atomic E-state index is 1.04. The quantitative estimate of drug-likeness (QED) is 0.342. The predicted molar refractivity (Wildman–Crippen MR) is 124 cm³/mol. The van der Waals surface area contributed by atoms with Gasteiger partial charge in [-0.25, -0.2) is 0 Å². The van der Waals surface area contributed by atoms with Crippen molar-refractivity contribution in [2.45, 2.75) is 40.0 Å². The van der Waals surface area contributed by atoms with Crippen LogP contribution in [-0.4, -0.2) is 9.36 Å². The van der Waals surface area contributed by atoms with Crippen LogP contribution in [0, 0.1) is 0 Å². The Hall–Kier alpha value is -2.78. The highest BCUT2D eigenvalue weighted by molar-refractivity contribution is 7.09. The van der Waals surface area contributed by atoms with Crippen LogP contribution in [-0.2, 0) is 19.3 Å². The zero-order chi connectivity index (χ0) is 20.2. The summed E-state index contributed by atoms with van der Waals surface area (Å²) in [5.41, 5.74) is 10.3. The van der Waals surface area contributed by atoms with Gasteiger partial charge in [-0.2, -0.15) is 4.37 Å². The molecular weight excluding hydrogens is 372 g/mol. The Labute approximate surface area is 177 Å². The van der Waals surface area contributed by atoms with E-state index in [1.165, 1.54) is 38.3 Å². The van der Waals surface area contributed by atoms with Crippen LogP contribution < -0.4 is 0 Å². The van der Waals surface area contributed by atoms with Gasteiger partial charge in [-0.3, -0.25) is 4.98 Å². The molecule has 29 heavy (non-hydrogen) atoms. The van der Waals surface area contributed by atoms with Gasteiger partial charge in [0.15, 0.2) is 0 Å². The molecular formula is C26H26N2S. The van der Waals surface area contributed by atoms with Gasteiger partial charge in [-0.15, -0.1) is 0 Å². The average molecular weight is 399 g/mol. The zero-order valence-corrected chi connectivity index (χ0v) is 18.1. The lowest BCUT2D eigenvalue weighted by molar-refractivity contribution is 0.982. The first kappa shape index (κ1) is 19.5. The van der Waals surface area contributed by atoms with E-state index in [0.29, 0.717) is 0 Å². The molecule has 0 aliphatic rings. The molecule has 0 radical (unpaired) electrons. The van der Waals surface area contributed by atoms with Gasteiger partial charge in [0.2, 0.25) is 0 Å². The summed E-state index contributed by atoms with van der Waals surface area (Å²) in [6, 6.07) is 19.6. The Kier molecular flexibility index (Phi) is 5.86. The van der Waals surface area contributed by atoms with Crippen molar-refractivity contribution in [1.29, 1.82) is 0 Å². The third-order valence-corrected chi connectivity index (χ3v) is 6.38. The Bertz CT molecular complexity index is 1070. The highest BCUT2D eigenvalue weighted by Crippen LogP contribution is 2.33. The highest BCUT2D eigenvalue weighted by atomic mass is 32.1. The number of aryl methyl sites for hydroxylation is 2. The fraction of sp³-hybridized carbons (Fsp3) is 0.231. The number of benzene rings is 2. The van der Waals surface area contributed by atoms with Gasteiger partial charge >= 0.3 is 0 Å². The number of aromatic nitrogens is 2. The average Bonchev–Trinajstić information content (AvgIpc) is 3.29. The van der Waals surface area contributed by atoms with E-state index in [4.69, 9.17) is 4.37 Å². The standard InChI is InChI=1S/C26H26N2S/c1-4-18-15-23(16-19(5-2)24(18)6-3)26-17-25(28-29-26)22-9-7-20(8-10-22)21-11-13-27-14-12-21/h7-17H,4-6H2,1-3H3. The summed E-state index contributed by atoms with van der Waals surface area (Å²) in [4.78, 5) is 5.34. The summed E-state index contributed by atoms with van der Waals surface area (Å²) in [6.07, 6.45) is 6.91. The molecule has 146 valence electrons. The van der Waals surface area contributed by atoms with Gasteiger partial charge in [-0.05, 0) is 82.4 Å². The number of hydrogen-bond donors (Lipinski definition) is 0. The highest BCUT2D eigenvalue weighted by Gasteiger charge is 2.12. The normalized spacial score (nSPS) is 11.0. The van der Waals surface area contributed by atoms with Crippen LogP contribution in [0.15, 0.2) is 67.0 Å². The van der Waals surface area contributed by atoms with E-state index >= 15 is 0 Å². The lowest BCUT2D eigenvalue weighted by atomic mass is 9.92. The fourth-order valence-corrected chi connectivity index (χ4v) is 4.69. The second-order valence-corrected chi connectivity index (χ2v) is 8.03. The van der Waals surface area contributed by atoms with Crippen molar-refractivity contribution in [2.24, 2.45) is 0 Å². The number of pyridine rings is 1. The minimum Gasteiger partial charge on any atom is -0.265 e. The van der Waals surface area contributed by atoms with E-state index in [1.807, 2.05) is 24.5 Å². The van der Waals surface area contributed by atoms with Crippen molar-refractivity contribution in [1.82, 2.24) is 9.36 Å². The van der Waals surface area contributed by atoms with Crippen molar-refractivity contribution >= 4 is 11.5 Å². The van der Waals surface area contributed by atoms with E-state index in [2.05, 4.69) is 68.2 Å². The van der Waals surface area contributed by atoms with Crippen LogP contribution in [0.1, 0.15) is 37.5 Å². The van der Waals surface area contributed by atoms with Gasteiger partial charge in [0, 0.05) is 18.0 Å². The van der Waals surface area contributed by atoms with Crippen molar-refractivity contribution < 1.29 is 0 Å². The lowest BCUT2D eigenvalue weighted by Gasteiger charge is -2.13. The van der Waals surface area contributed by atoms with Crippen LogP contribution in [0.2, 0.25) is 0 Å². The summed E-state index contributed by atoms with van der Waals surface area (Å²) in [5.74, 6) is 0. The van der Waals surface area contributed by atoms with E-state index in [-0.39, 0.29) is 0 Å². The maximum Gasteiger partial charge on any atom is 0.0847 e. The molecule has 0 atom stereocenters. The number of rotatable bonds is 6. The first-order chi connectivity index (χ1) is 14.2. The van der Waals surface area contributed by atoms with E-state index in [9.17, 15) is 0 Å². The first-order valence-electron chi connectivity index (χ1n) is 10.4. The molecule has 2 heterocycles. The van der Waals surface area contributed by atoms with Crippen LogP contribution in [0.5, 0.6) is 0 Å². The fourth-order valence-electron chi connectivity index (χ4n) is 3.95. The van der Waals surface area contributed by atoms with Crippen molar-refractivity contribution in [3.8, 4) is 32.8 Å². The maximum atomic E-state index is 4.75. The molecule has 0 N–H and O–H groups in total. The molecule has 4 rings (SSSR count). The van der Waals surface area contributed by atoms with Crippen LogP contribution in [0.3, 0.4) is 0 Å². The molecule has 0 spiro atoms. The zero-order valence-electron chi connectivity index (χ0n) is 17.3. The van der Waals surface area contributed by atoms with E-state index in [0.717, 1.165) is 30.5 Å². The molecule has 0 fully saturated rings. The van der Waals surface area contributed by atoms with Crippen molar-refractivity contribution in [3.05, 3.63) is 83.7 Å². The Morgan fingerprint density at radius 1 is 0.655 bits per heavy atom. The van der Waals surface area contributed by atoms with Gasteiger partial charge < -0.3 is 0 Å². The van der Waals surface area contributed by atoms with Gasteiger partial charge in [0.05, 0.1) is 10.6 Å². The Morgan fingerprint density at radius 3 is 1.83 bits per heavy atom. The van der Waals surface area contributed by atoms with Gasteiger partial charge in [0.1, 0.15) is 0 Å². The molecule has 0 unspecified atom stereocenters. The first-order valence-corrected chi connectivity index (χ1v) is 11.1. The summed E-state index contributed by atoms with van der Waals surface area (Å²) in [7, 11) is 0. The molecule has 0 amide bonds. The second-order valence-electron chi connectivity index (χ2n) is 7.22. The maximum absolute atomic E-state index is 4.75. The lowest BCUT2D eigenvalue weighted by Crippen LogP contribution is -1.98. The Balaban J connectivity index is 1.65. The molecule has 2 aromatic carbocycles. The monoisotopic (exact) mass is 398 g/mol. The van der Waals surface area contributed by atoms with E-state index < -0.39 is 0 Å². The minimum atomic E-state index is 1.04. The van der Waals surface area contributed by atoms with E-state index in [1.54, 1.807) is 11.5 Å². The molecule has 0 aliphatic carbocycles. The molecule has 0 saturated heterocycles. The second kappa shape index (κ2) is 8.71. The topological polar surface area (TPSA) is 25.8 Å². The molecule has 0 saturated carbocycles. The summed E-state index contributed by atoms with van der Waals surface area (Å²) >= 11 is 1.59. The number of nitrogens with zero attached hydrogens (tertiary/aromatic N) is 2. The molecule has 3 heteroatoms. The summed E-state index contributed by atoms with van der Waals surface area (Å²) < 4.78 is 4.75. The summed E-state index contributed by atoms with van der Waals surface area (Å²) in [6.45, 7) is 6.76. The van der Waals surface area contributed by atoms with Crippen molar-refractivity contribution in [3.63, 3.8) is 0 Å². The molecule has 0 aliphatic heterocycles. The third kappa shape index (κ3) is 4.01. The van der Waals surface area contributed by atoms with Gasteiger partial charge in [0.25, 0.3) is 0 Å². The largest absolute Gasteiger partial charge is 0.265 e. The van der Waals surface area contributed by atoms with Gasteiger partial charge in [-0.1, -0.05) is 57.2 Å². The third-order valence-electron chi connectivity index (χ3n) is 5.54. The summed E-state index contributed by atoms with van der Waals surface area (Å²) in [5, 5.41) is 0. The molecule has 2 nitrogen and oxygen atoms in total. The predicted octanol–water partition coefficient (Wildman–Crippen LogP) is 7.23. The molecule has 0 bridgehead atoms. The molecule has 4 aromatic rings. The van der Waals surface area contributed by atoms with Crippen LogP contribution >= 0.6 is 11.5 Å². The number of hydrogen-bond acceptors (Lipinski definition) is 3. The Morgan fingerprint density at radius 2 is 1.24 bits per heavy atom. The van der Waals surface area contributed by atoms with Crippen molar-refractivity contribution in [2.75, 3.05) is 0 Å².